The van der Waals surface area contributed by atoms with Crippen LogP contribution in [0, 0.1) is 16.2 Å². The Balaban J connectivity index is 1.84. The zero-order valence-corrected chi connectivity index (χ0v) is 36.9. The monoisotopic (exact) mass is 850 g/mol. The Bertz CT molecular complexity index is 1690. The van der Waals surface area contributed by atoms with E-state index in [1.54, 1.807) is 67.5 Å². The topological polar surface area (TPSA) is 220 Å². The van der Waals surface area contributed by atoms with Gasteiger partial charge in [0, 0.05) is 56.6 Å². The Kier molecular flexibility index (Phi) is 15.6. The lowest BCUT2D eigenvalue weighted by atomic mass is 9.70. The molecule has 0 aromatic carbocycles. The number of hydrogen-bond acceptors (Lipinski definition) is 16. The van der Waals surface area contributed by atoms with Crippen LogP contribution in [0.4, 0.5) is 0 Å². The van der Waals surface area contributed by atoms with E-state index in [9.17, 15) is 39.3 Å². The highest BCUT2D eigenvalue weighted by Gasteiger charge is 2.58. The van der Waals surface area contributed by atoms with Crippen LogP contribution in [0.1, 0.15) is 120 Å². The number of ether oxygens (including phenoxy) is 8. The van der Waals surface area contributed by atoms with Gasteiger partial charge in [0.15, 0.2) is 11.6 Å². The van der Waals surface area contributed by atoms with Gasteiger partial charge in [0.25, 0.3) is 0 Å². The first-order chi connectivity index (χ1) is 27.7. The molecular weight excluding hydrogens is 784 g/mol. The van der Waals surface area contributed by atoms with Crippen LogP contribution < -0.4 is 0 Å². The highest BCUT2D eigenvalue weighted by molar-refractivity contribution is 5.83. The van der Waals surface area contributed by atoms with Crippen molar-refractivity contribution < 1.29 is 77.2 Å². The molecule has 4 heterocycles. The van der Waals surface area contributed by atoms with Gasteiger partial charge < -0.3 is 53.2 Å². The van der Waals surface area contributed by atoms with Gasteiger partial charge in [-0.15, -0.1) is 0 Å². The fourth-order valence-electron chi connectivity index (χ4n) is 8.17. The molecule has 0 aromatic heterocycles. The molecule has 0 unspecified atom stereocenters. The quantitative estimate of drug-likeness (QED) is 0.151. The molecule has 0 amide bonds. The molecule has 10 atom stereocenters. The lowest BCUT2D eigenvalue weighted by Gasteiger charge is -2.54. The van der Waals surface area contributed by atoms with Crippen molar-refractivity contribution in [1.29, 1.82) is 0 Å². The predicted molar refractivity (Wildman–Crippen MR) is 213 cm³/mol. The maximum atomic E-state index is 13.6. The summed E-state index contributed by atoms with van der Waals surface area (Å²) < 4.78 is 46.7. The van der Waals surface area contributed by atoms with Gasteiger partial charge in [-0.1, -0.05) is 51.0 Å². The Labute approximate surface area is 352 Å². The van der Waals surface area contributed by atoms with Crippen LogP contribution in [0.5, 0.6) is 0 Å². The maximum Gasteiger partial charge on any atom is 0.330 e. The molecule has 3 saturated heterocycles. The van der Waals surface area contributed by atoms with E-state index < -0.39 is 113 Å². The molecular formula is C44H66O16. The molecule has 6 bridgehead atoms. The summed E-state index contributed by atoms with van der Waals surface area (Å²) in [5.74, 6) is -7.18. The molecule has 4 aliphatic rings. The van der Waals surface area contributed by atoms with E-state index in [1.165, 1.54) is 33.3 Å². The highest BCUT2D eigenvalue weighted by Crippen LogP contribution is 2.50. The molecule has 60 heavy (non-hydrogen) atoms. The molecule has 0 aliphatic carbocycles. The van der Waals surface area contributed by atoms with Crippen molar-refractivity contribution in [3.63, 3.8) is 0 Å². The van der Waals surface area contributed by atoms with Gasteiger partial charge in [-0.25, -0.2) is 9.59 Å². The van der Waals surface area contributed by atoms with Crippen molar-refractivity contribution in [2.24, 2.45) is 16.2 Å². The Morgan fingerprint density at radius 2 is 1.45 bits per heavy atom. The van der Waals surface area contributed by atoms with Crippen LogP contribution in [-0.4, -0.2) is 120 Å². The van der Waals surface area contributed by atoms with Gasteiger partial charge >= 0.3 is 29.8 Å². The van der Waals surface area contributed by atoms with E-state index in [4.69, 9.17) is 37.9 Å². The van der Waals surface area contributed by atoms with Crippen molar-refractivity contribution in [1.82, 2.24) is 0 Å². The minimum absolute atomic E-state index is 0.0815. The number of carbonyl (C=O) groups excluding carboxylic acids is 5. The number of methoxy groups -OCH3 is 2. The standard InChI is InChI=1S/C44H66O16/c1-25(55-26(2)45)34-21-31-16-28(18-37(48)54-11)23-43(51,59-31)41(6,7)13-12-30-14-27(17-36(47)53-10)15-33(56-30)24-44(52)42(8,9)35(58-39(50)40(3,4)5)22-32(60-44)19-29(46)20-38(49)57-34/h12-13,17-18,25,29-35,46,51-52H,14-16,19-24H2,1-11H3/b13-12+,27-17+,28-18+/t25-,29-,30+,31+,32-,33+,34-,35+,43-,44+/m1/s1. The fraction of sp³-hybridized carbons (Fsp3) is 0.750. The third-order valence-corrected chi connectivity index (χ3v) is 12.0. The van der Waals surface area contributed by atoms with Gasteiger partial charge in [-0.05, 0) is 47.0 Å². The van der Waals surface area contributed by atoms with E-state index in [1.807, 2.05) is 0 Å². The smallest absolute Gasteiger partial charge is 0.330 e. The molecule has 0 spiro atoms. The summed E-state index contributed by atoms with van der Waals surface area (Å²) in [5, 5.41) is 36.3. The summed E-state index contributed by atoms with van der Waals surface area (Å²) in [7, 11) is 2.50. The summed E-state index contributed by atoms with van der Waals surface area (Å²) >= 11 is 0. The molecule has 16 nitrogen and oxygen atoms in total. The van der Waals surface area contributed by atoms with Crippen molar-refractivity contribution in [3.8, 4) is 0 Å². The third-order valence-electron chi connectivity index (χ3n) is 12.0. The number of aliphatic hydroxyl groups is 3. The Morgan fingerprint density at radius 3 is 2.05 bits per heavy atom. The number of rotatable bonds is 5. The first-order valence-electron chi connectivity index (χ1n) is 20.6. The molecule has 16 heteroatoms. The lowest BCUT2D eigenvalue weighted by molar-refractivity contribution is -0.349. The van der Waals surface area contributed by atoms with Gasteiger partial charge in [-0.2, -0.15) is 0 Å². The summed E-state index contributed by atoms with van der Waals surface area (Å²) in [6, 6.07) is 0. The lowest BCUT2D eigenvalue weighted by Crippen LogP contribution is -2.62. The van der Waals surface area contributed by atoms with Crippen molar-refractivity contribution >= 4 is 29.8 Å². The first kappa shape index (κ1) is 49.0. The van der Waals surface area contributed by atoms with E-state index in [-0.39, 0.29) is 51.4 Å². The SMILES string of the molecule is COC(=O)/C=C1/C[C@H]2C[C@]3(O)O[C@H](C[C@@H](O)CC(=O)O[C@@H]([C@@H](C)OC(C)=O)C[C@@H]4C/C(=C\C(=O)OC)C[C@@](O)(O4)C(C)(C)/C=C/[C@@H](C1)O2)C[C@H](OC(=O)C(C)(C)C)C3(C)C. The number of hydrogen-bond donors (Lipinski definition) is 3. The fourth-order valence-corrected chi connectivity index (χ4v) is 8.17. The van der Waals surface area contributed by atoms with Gasteiger partial charge in [-0.3, -0.25) is 14.4 Å². The first-order valence-corrected chi connectivity index (χ1v) is 20.6. The molecule has 338 valence electrons. The molecule has 3 N–H and O–H groups in total. The minimum Gasteiger partial charge on any atom is -0.466 e. The summed E-state index contributed by atoms with van der Waals surface area (Å²) in [5.41, 5.74) is -2.14. The zero-order chi connectivity index (χ0) is 45.0. The van der Waals surface area contributed by atoms with Gasteiger partial charge in [0.2, 0.25) is 0 Å². The molecule has 3 fully saturated rings. The van der Waals surface area contributed by atoms with Gasteiger partial charge in [0.05, 0.1) is 62.0 Å². The number of cyclic esters (lactones) is 1. The number of fused-ring (bicyclic) bond motifs is 6. The van der Waals surface area contributed by atoms with E-state index >= 15 is 0 Å². The average Bonchev–Trinajstić information content (AvgIpc) is 3.11. The van der Waals surface area contributed by atoms with Crippen LogP contribution in [0.2, 0.25) is 0 Å². The maximum absolute atomic E-state index is 13.6. The second-order valence-electron chi connectivity index (χ2n) is 18.8. The van der Waals surface area contributed by atoms with Crippen molar-refractivity contribution in [2.75, 3.05) is 14.2 Å². The second kappa shape index (κ2) is 19.2. The van der Waals surface area contributed by atoms with Crippen LogP contribution in [0.15, 0.2) is 35.5 Å². The molecule has 0 radical (unpaired) electrons. The van der Waals surface area contributed by atoms with Crippen molar-refractivity contribution in [3.05, 3.63) is 35.5 Å². The molecule has 4 aliphatic heterocycles. The molecule has 0 saturated carbocycles. The molecule has 4 rings (SSSR count). The largest absolute Gasteiger partial charge is 0.466 e. The van der Waals surface area contributed by atoms with Crippen LogP contribution in [-0.2, 0) is 61.9 Å². The van der Waals surface area contributed by atoms with E-state index in [0.29, 0.717) is 11.1 Å². The number of aliphatic hydroxyl groups excluding tert-OH is 1. The summed E-state index contributed by atoms with van der Waals surface area (Å²) in [4.78, 5) is 63.9. The van der Waals surface area contributed by atoms with E-state index in [0.717, 1.165) is 0 Å². The number of carbonyl (C=O) groups is 5. The normalized spacial score (nSPS) is 36.2. The molecule has 0 aromatic rings. The Morgan fingerprint density at radius 1 is 0.850 bits per heavy atom. The van der Waals surface area contributed by atoms with Gasteiger partial charge in [0.1, 0.15) is 18.3 Å². The number of esters is 5. The van der Waals surface area contributed by atoms with E-state index in [2.05, 4.69) is 0 Å². The van der Waals surface area contributed by atoms with Crippen LogP contribution in [0.3, 0.4) is 0 Å². The second-order valence-corrected chi connectivity index (χ2v) is 18.8. The predicted octanol–water partition coefficient (Wildman–Crippen LogP) is 4.44. The van der Waals surface area contributed by atoms with Crippen molar-refractivity contribution in [2.45, 2.75) is 181 Å². The van der Waals surface area contributed by atoms with Crippen LogP contribution >= 0.6 is 0 Å². The minimum atomic E-state index is -2.03. The zero-order valence-electron chi connectivity index (χ0n) is 36.9. The third kappa shape index (κ3) is 12.2. The van der Waals surface area contributed by atoms with Crippen LogP contribution in [0.25, 0.3) is 0 Å². The summed E-state index contributed by atoms with van der Waals surface area (Å²) in [6.45, 7) is 14.8. The highest BCUT2D eigenvalue weighted by atomic mass is 16.7. The Hall–Kier alpha value is -3.67. The average molecular weight is 851 g/mol. The summed E-state index contributed by atoms with van der Waals surface area (Å²) in [6.07, 6.45) is -1.81.